The number of nitrogens with zero attached hydrogens (tertiary/aromatic N) is 12. The molecule has 0 amide bonds. The van der Waals surface area contributed by atoms with E-state index in [1.807, 2.05) is 193 Å². The van der Waals surface area contributed by atoms with Crippen molar-refractivity contribution >= 4 is 0 Å². The van der Waals surface area contributed by atoms with Gasteiger partial charge in [-0.3, -0.25) is 28.1 Å². The van der Waals surface area contributed by atoms with Gasteiger partial charge in [-0.25, -0.2) is 39.5 Å². The quantitative estimate of drug-likeness (QED) is 0.0626. The Morgan fingerprint density at radius 2 is 0.697 bits per heavy atom. The van der Waals surface area contributed by atoms with Crippen LogP contribution in [0.2, 0.25) is 0 Å². The highest BCUT2D eigenvalue weighted by molar-refractivity contribution is 5.65. The Morgan fingerprint density at radius 3 is 1.12 bits per heavy atom. The average molecular weight is 1620 g/mol. The molecule has 0 aliphatic rings. The van der Waals surface area contributed by atoms with E-state index in [2.05, 4.69) is 67.8 Å². The summed E-state index contributed by atoms with van der Waals surface area (Å²) in [5.41, 5.74) is 22.4. The lowest BCUT2D eigenvalue weighted by molar-refractivity contribution is 0.512. The van der Waals surface area contributed by atoms with Gasteiger partial charge in [0.15, 0.2) is 0 Å². The van der Waals surface area contributed by atoms with Crippen molar-refractivity contribution in [2.24, 2.45) is 35.2 Å². The summed E-state index contributed by atoms with van der Waals surface area (Å²) in [7, 11) is 9.63. The lowest BCUT2D eigenvalue weighted by Gasteiger charge is -2.17. The normalized spacial score (nSPS) is 11.6. The number of halogens is 9. The van der Waals surface area contributed by atoms with Crippen molar-refractivity contribution in [2.75, 3.05) is 0 Å². The maximum atomic E-state index is 14.6. The van der Waals surface area contributed by atoms with Crippen molar-refractivity contribution in [3.05, 3.63) is 367 Å². The van der Waals surface area contributed by atoms with Gasteiger partial charge in [0.2, 0.25) is 0 Å². The molecule has 0 radical (unpaired) electrons. The fourth-order valence-electron chi connectivity index (χ4n) is 15.1. The molecule has 0 aliphatic carbocycles. The first-order chi connectivity index (χ1) is 57.0. The summed E-state index contributed by atoms with van der Waals surface area (Å²) in [6.07, 6.45) is 7.56. The minimum atomic E-state index is -0.570. The van der Waals surface area contributed by atoms with Crippen LogP contribution < -0.4 is 0 Å². The largest absolute Gasteiger partial charge is 0.272 e. The first-order valence-corrected chi connectivity index (χ1v) is 40.0. The summed E-state index contributed by atoms with van der Waals surface area (Å²) in [4.78, 5) is 0. The second kappa shape index (κ2) is 40.2. The lowest BCUT2D eigenvalue weighted by Crippen LogP contribution is -2.07. The Kier molecular flexibility index (Phi) is 29.5. The zero-order valence-corrected chi connectivity index (χ0v) is 69.9. The molecule has 0 saturated heterocycles. The third kappa shape index (κ3) is 22.5. The van der Waals surface area contributed by atoms with Gasteiger partial charge in [-0.15, -0.1) is 0 Å². The molecule has 9 aromatic carbocycles. The van der Waals surface area contributed by atoms with Gasteiger partial charge in [0, 0.05) is 75.3 Å². The van der Waals surface area contributed by atoms with Crippen molar-refractivity contribution in [2.45, 2.75) is 138 Å². The predicted octanol–water partition coefficient (Wildman–Crippen LogP) is 23.2. The summed E-state index contributed by atoms with van der Waals surface area (Å²) in [5.74, 6) is -4.28. The first kappa shape index (κ1) is 87.4. The number of aryl methyl sites for hydroxylation is 16. The van der Waals surface area contributed by atoms with Gasteiger partial charge in [0.1, 0.15) is 52.4 Å². The lowest BCUT2D eigenvalue weighted by atomic mass is 9.89. The second-order valence-electron chi connectivity index (χ2n) is 30.3. The average Bonchev–Trinajstić information content (AvgIpc) is 1.77. The van der Waals surface area contributed by atoms with E-state index in [4.69, 9.17) is 0 Å². The standard InChI is InChI=1S/C21H22F2N2.C20H19F3N2.C20H20F2N2.C19H18F2N2.C18H22N4/c1-4-16(21-18(22)6-5-7-19(21)23)13-15-8-10-17(11-9-15)20-12-14(2)24-25(20)3;1-3-25-20(11-13(2)24-25)16-10-8-14(12-19(16)23)7-9-15-17(21)5-4-6-18(15)22;1-13(20-17(21)5-4-6-18(20)22)11-15-7-9-16(10-8-15)19-12-14(2)23-24(19)3;1-13-11-19(23(2)22-13)16-10-8-14(12-18(16)21)7-9-15-5-3-4-6-17(15)20;1-13-12-19-21(3)17(13)10-7-15-5-8-16(9-6-15)18-11-14(2)20-22(18)4/h5-12,16H,4,13H2,1-3H3;4-6,8,10-12H,3,7,9H2,1-2H3;4-10,12-13H,11H2,1-3H3;3-6,8,10-12H,7,9H2,1-2H3;5-6,8-9,11-12H,7,10H2,1-4H3. The molecule has 2 atom stereocenters. The van der Waals surface area contributed by atoms with Gasteiger partial charge < -0.3 is 0 Å². The Labute approximate surface area is 691 Å². The van der Waals surface area contributed by atoms with E-state index in [1.165, 1.54) is 95.2 Å². The van der Waals surface area contributed by atoms with Crippen LogP contribution in [0, 0.1) is 93.9 Å². The van der Waals surface area contributed by atoms with Crippen molar-refractivity contribution < 1.29 is 39.5 Å². The summed E-state index contributed by atoms with van der Waals surface area (Å²) in [6.45, 7) is 18.2. The number of hydrogen-bond acceptors (Lipinski definition) is 6. The maximum Gasteiger partial charge on any atom is 0.132 e. The van der Waals surface area contributed by atoms with Gasteiger partial charge >= 0.3 is 0 Å². The zero-order valence-electron chi connectivity index (χ0n) is 69.9. The van der Waals surface area contributed by atoms with E-state index >= 15 is 0 Å². The molecule has 0 spiro atoms. The third-order valence-corrected chi connectivity index (χ3v) is 21.3. The minimum Gasteiger partial charge on any atom is -0.272 e. The Morgan fingerprint density at radius 1 is 0.319 bits per heavy atom. The first-order valence-electron chi connectivity index (χ1n) is 40.0. The highest BCUT2D eigenvalue weighted by Crippen LogP contribution is 2.34. The summed E-state index contributed by atoms with van der Waals surface area (Å²) >= 11 is 0. The van der Waals surface area contributed by atoms with Gasteiger partial charge in [0.25, 0.3) is 0 Å². The second-order valence-corrected chi connectivity index (χ2v) is 30.3. The molecule has 0 saturated carbocycles. The molecule has 0 N–H and O–H groups in total. The molecule has 6 heterocycles. The minimum absolute atomic E-state index is 0.0340. The third-order valence-electron chi connectivity index (χ3n) is 21.3. The van der Waals surface area contributed by atoms with Crippen LogP contribution >= 0.6 is 0 Å². The van der Waals surface area contributed by atoms with Gasteiger partial charge in [-0.2, -0.15) is 30.6 Å². The Balaban J connectivity index is 0.000000146. The van der Waals surface area contributed by atoms with Crippen molar-refractivity contribution in [3.8, 4) is 56.3 Å². The number of benzene rings is 9. The van der Waals surface area contributed by atoms with Crippen LogP contribution in [-0.4, -0.2) is 58.7 Å². The molecule has 2 unspecified atom stereocenters. The van der Waals surface area contributed by atoms with E-state index in [-0.39, 0.29) is 52.4 Å². The molecule has 12 nitrogen and oxygen atoms in total. The van der Waals surface area contributed by atoms with E-state index in [9.17, 15) is 39.5 Å². The van der Waals surface area contributed by atoms with Gasteiger partial charge in [-0.05, 0) is 271 Å². The monoisotopic (exact) mass is 1620 g/mol. The summed E-state index contributed by atoms with van der Waals surface area (Å²) in [6, 6.07) is 63.5. The Bertz CT molecular complexity index is 5820. The number of aromatic nitrogens is 12. The molecule has 21 heteroatoms. The summed E-state index contributed by atoms with van der Waals surface area (Å²) in [5, 5.41) is 26.0. The zero-order chi connectivity index (χ0) is 85.3. The van der Waals surface area contributed by atoms with Gasteiger partial charge in [-0.1, -0.05) is 135 Å². The fraction of sp³-hybridized carbons (Fsp3) is 0.265. The molecule has 15 rings (SSSR count). The molecule has 0 fully saturated rings. The molecule has 15 aromatic rings. The van der Waals surface area contributed by atoms with Crippen molar-refractivity contribution in [3.63, 3.8) is 0 Å². The van der Waals surface area contributed by atoms with Crippen LogP contribution in [-0.2, 0) is 93.1 Å². The smallest absolute Gasteiger partial charge is 0.132 e. The van der Waals surface area contributed by atoms with Crippen LogP contribution in [0.3, 0.4) is 0 Å². The van der Waals surface area contributed by atoms with Crippen LogP contribution in [0.1, 0.15) is 129 Å². The summed E-state index contributed by atoms with van der Waals surface area (Å²) < 4.78 is 137. The van der Waals surface area contributed by atoms with Crippen LogP contribution in [0.25, 0.3) is 56.3 Å². The van der Waals surface area contributed by atoms with E-state index in [0.717, 1.165) is 97.6 Å². The highest BCUT2D eigenvalue weighted by Gasteiger charge is 2.22. The molecular formula is C98H101F9N12. The highest BCUT2D eigenvalue weighted by atomic mass is 19.2. The number of rotatable bonds is 22. The molecule has 119 heavy (non-hydrogen) atoms. The molecule has 0 aliphatic heterocycles. The van der Waals surface area contributed by atoms with Crippen LogP contribution in [0.5, 0.6) is 0 Å². The van der Waals surface area contributed by atoms with Gasteiger partial charge in [0.05, 0.1) is 63.1 Å². The van der Waals surface area contributed by atoms with E-state index in [0.29, 0.717) is 67.3 Å². The van der Waals surface area contributed by atoms with Crippen molar-refractivity contribution in [1.82, 2.24) is 58.7 Å². The maximum absolute atomic E-state index is 14.6. The van der Waals surface area contributed by atoms with E-state index in [1.54, 1.807) is 46.7 Å². The fourth-order valence-corrected chi connectivity index (χ4v) is 15.1. The predicted molar refractivity (Wildman–Crippen MR) is 456 cm³/mol. The van der Waals surface area contributed by atoms with E-state index < -0.39 is 34.9 Å². The molecule has 0 bridgehead atoms. The molecule has 616 valence electrons. The van der Waals surface area contributed by atoms with Crippen LogP contribution in [0.15, 0.2) is 225 Å². The Hall–Kier alpha value is -12.4. The van der Waals surface area contributed by atoms with Crippen molar-refractivity contribution in [1.29, 1.82) is 0 Å². The number of hydrogen-bond donors (Lipinski definition) is 0. The van der Waals surface area contributed by atoms with Crippen LogP contribution in [0.4, 0.5) is 39.5 Å². The molecule has 6 aromatic heterocycles. The SMILES string of the molecule is CCC(Cc1ccc(-c2cc(C)nn2C)cc1)c1c(F)cccc1F.CCn1nc(C)cc1-c1ccc(CCc2c(F)cccc2F)cc1F.Cc1cc(-c2ccc(CC(C)c3c(F)cccc3F)cc2)n(C)n1.Cc1cc(-c2ccc(CCc3c(C)cnn3C)cc2)n(C)n1.Cc1cc(-c2ccc(CCc3ccccc3F)cc2F)n(C)n1. The molecular weight excluding hydrogens is 1520 g/mol. The topological polar surface area (TPSA) is 107 Å².